The highest BCUT2D eigenvalue weighted by atomic mass is 35.5. The van der Waals surface area contributed by atoms with Gasteiger partial charge in [-0.1, -0.05) is 18.2 Å². The van der Waals surface area contributed by atoms with Crippen LogP contribution in [0.3, 0.4) is 0 Å². The molecule has 0 spiro atoms. The van der Waals surface area contributed by atoms with Gasteiger partial charge in [0.15, 0.2) is 12.8 Å². The average Bonchev–Trinajstić information content (AvgIpc) is 2.18. The van der Waals surface area contributed by atoms with Gasteiger partial charge in [-0.2, -0.15) is 0 Å². The number of rotatable bonds is 2. The highest BCUT2D eigenvalue weighted by Crippen LogP contribution is 2.10. The van der Waals surface area contributed by atoms with Crippen molar-refractivity contribution in [3.63, 3.8) is 0 Å². The normalized spacial score (nSPS) is 13.9. The van der Waals surface area contributed by atoms with Crippen LogP contribution in [0.5, 0.6) is 0 Å². The van der Waals surface area contributed by atoms with Crippen molar-refractivity contribution in [3.8, 4) is 0 Å². The molecule has 0 radical (unpaired) electrons. The lowest BCUT2D eigenvalue weighted by molar-refractivity contribution is -0.521. The first-order chi connectivity index (χ1) is 6.40. The van der Waals surface area contributed by atoms with Crippen LogP contribution in [0.2, 0.25) is 0 Å². The molecule has 2 nitrogen and oxygen atoms in total. The summed E-state index contributed by atoms with van der Waals surface area (Å²) in [5, 5.41) is 0. The fourth-order valence-electron chi connectivity index (χ4n) is 1.76. The van der Waals surface area contributed by atoms with Gasteiger partial charge in [0.2, 0.25) is 0 Å². The molecule has 0 saturated heterocycles. The van der Waals surface area contributed by atoms with Gasteiger partial charge in [-0.3, -0.25) is 0 Å². The fourth-order valence-corrected chi connectivity index (χ4v) is 1.76. The molecule has 14 heavy (non-hydrogen) atoms. The van der Waals surface area contributed by atoms with E-state index in [-0.39, 0.29) is 12.4 Å². The van der Waals surface area contributed by atoms with Gasteiger partial charge >= 0.3 is 0 Å². The second-order valence-electron chi connectivity index (χ2n) is 3.40. The summed E-state index contributed by atoms with van der Waals surface area (Å²) in [4.78, 5) is 0. The van der Waals surface area contributed by atoms with Gasteiger partial charge in [0, 0.05) is 12.0 Å². The molecule has 2 N–H and O–H groups in total. The van der Waals surface area contributed by atoms with Crippen molar-refractivity contribution in [1.82, 2.24) is 0 Å². The molecule has 0 amide bonds. The van der Waals surface area contributed by atoms with Crippen LogP contribution < -0.4 is 18.1 Å². The van der Waals surface area contributed by atoms with Gasteiger partial charge in [-0.15, -0.1) is 0 Å². The Morgan fingerprint density at radius 3 is 2.86 bits per heavy atom. The van der Waals surface area contributed by atoms with Crippen molar-refractivity contribution >= 4 is 6.21 Å². The number of fused-ring (bicyclic) bond motifs is 1. The maximum Gasteiger partial charge on any atom is 0.171 e. The molecule has 0 saturated carbocycles. The van der Waals surface area contributed by atoms with Crippen molar-refractivity contribution < 1.29 is 17.0 Å². The molecule has 0 atom stereocenters. The van der Waals surface area contributed by atoms with Crippen molar-refractivity contribution in [2.24, 2.45) is 5.73 Å². The van der Waals surface area contributed by atoms with Crippen LogP contribution in [0, 0.1) is 0 Å². The van der Waals surface area contributed by atoms with E-state index in [2.05, 4.69) is 35.1 Å². The van der Waals surface area contributed by atoms with Crippen molar-refractivity contribution in [3.05, 3.63) is 35.4 Å². The van der Waals surface area contributed by atoms with E-state index < -0.39 is 0 Å². The molecule has 1 aliphatic heterocycles. The topological polar surface area (TPSA) is 29.0 Å². The molecule has 0 unspecified atom stereocenters. The zero-order valence-electron chi connectivity index (χ0n) is 8.12. The second kappa shape index (κ2) is 5.13. The largest absolute Gasteiger partial charge is 1.00 e. The van der Waals surface area contributed by atoms with E-state index in [0.29, 0.717) is 0 Å². The lowest BCUT2D eigenvalue weighted by atomic mass is 10.0. The molecular formula is C11H15ClN2. The minimum atomic E-state index is 0. The first kappa shape index (κ1) is 11.2. The van der Waals surface area contributed by atoms with Crippen LogP contribution >= 0.6 is 0 Å². The van der Waals surface area contributed by atoms with Crippen molar-refractivity contribution in [2.75, 3.05) is 19.6 Å². The van der Waals surface area contributed by atoms with Crippen LogP contribution in [-0.2, 0) is 6.42 Å². The summed E-state index contributed by atoms with van der Waals surface area (Å²) in [5.74, 6) is 0. The minimum absolute atomic E-state index is 0. The van der Waals surface area contributed by atoms with E-state index in [4.69, 9.17) is 5.73 Å². The van der Waals surface area contributed by atoms with Gasteiger partial charge in [-0.25, -0.2) is 4.58 Å². The number of hydrogen-bond donors (Lipinski definition) is 1. The Kier molecular flexibility index (Phi) is 4.11. The Morgan fingerprint density at radius 1 is 1.29 bits per heavy atom. The lowest BCUT2D eigenvalue weighted by Crippen LogP contribution is -3.00. The summed E-state index contributed by atoms with van der Waals surface area (Å²) in [6.45, 7) is 2.81. The fraction of sp³-hybridized carbons (Fsp3) is 0.364. The van der Waals surface area contributed by atoms with Gasteiger partial charge in [0.25, 0.3) is 0 Å². The summed E-state index contributed by atoms with van der Waals surface area (Å²) >= 11 is 0. The van der Waals surface area contributed by atoms with Crippen molar-refractivity contribution in [2.45, 2.75) is 6.42 Å². The maximum absolute atomic E-state index is 5.52. The molecular weight excluding hydrogens is 196 g/mol. The second-order valence-corrected chi connectivity index (χ2v) is 3.40. The van der Waals surface area contributed by atoms with Crippen molar-refractivity contribution in [1.29, 1.82) is 0 Å². The Balaban J connectivity index is 0.000000980. The third-order valence-electron chi connectivity index (χ3n) is 2.46. The Morgan fingerprint density at radius 2 is 2.07 bits per heavy atom. The predicted molar refractivity (Wildman–Crippen MR) is 54.4 cm³/mol. The zero-order chi connectivity index (χ0) is 9.10. The number of nitrogens with zero attached hydrogens (tertiary/aromatic N) is 1. The Hall–Kier alpha value is -0.860. The Labute approximate surface area is 90.8 Å². The molecule has 3 heteroatoms. The molecule has 76 valence electrons. The summed E-state index contributed by atoms with van der Waals surface area (Å²) < 4.78 is 2.29. The zero-order valence-corrected chi connectivity index (χ0v) is 8.87. The highest BCUT2D eigenvalue weighted by molar-refractivity contribution is 5.78. The smallest absolute Gasteiger partial charge is 0.171 e. The molecule has 0 aromatic heterocycles. The lowest BCUT2D eigenvalue weighted by Gasteiger charge is -2.11. The monoisotopic (exact) mass is 210 g/mol. The van der Waals surface area contributed by atoms with E-state index in [0.717, 1.165) is 26.1 Å². The molecule has 1 aromatic rings. The first-order valence-corrected chi connectivity index (χ1v) is 4.77. The SMILES string of the molecule is NCC[N+]1=Cc2ccccc2CC1.[Cl-]. The number of hydrogen-bond acceptors (Lipinski definition) is 1. The minimum Gasteiger partial charge on any atom is -1.00 e. The number of halogens is 1. The molecule has 0 aliphatic carbocycles. The standard InChI is InChI=1S/C11H15N2.ClH/c12-6-8-13-7-5-10-3-1-2-4-11(10)9-13;/h1-4,9H,5-8,12H2;1H/q+1;/p-1. The molecule has 1 aromatic carbocycles. The van der Waals surface area contributed by atoms with Crippen LogP contribution in [0.1, 0.15) is 11.1 Å². The molecule has 0 bridgehead atoms. The molecule has 0 fully saturated rings. The van der Waals surface area contributed by atoms with Crippen LogP contribution in [-0.4, -0.2) is 30.4 Å². The Bertz CT molecular complexity index is 334. The van der Waals surface area contributed by atoms with E-state index in [1.54, 1.807) is 0 Å². The van der Waals surface area contributed by atoms with Gasteiger partial charge in [0.05, 0.1) is 6.54 Å². The highest BCUT2D eigenvalue weighted by Gasteiger charge is 2.13. The summed E-state index contributed by atoms with van der Waals surface area (Å²) in [5.41, 5.74) is 8.32. The summed E-state index contributed by atoms with van der Waals surface area (Å²) in [7, 11) is 0. The van der Waals surface area contributed by atoms with E-state index in [1.807, 2.05) is 0 Å². The van der Waals surface area contributed by atoms with E-state index in [9.17, 15) is 0 Å². The van der Waals surface area contributed by atoms with E-state index in [1.165, 1.54) is 11.1 Å². The van der Waals surface area contributed by atoms with Gasteiger partial charge in [0.1, 0.15) is 6.54 Å². The van der Waals surface area contributed by atoms with Crippen LogP contribution in [0.15, 0.2) is 24.3 Å². The predicted octanol–water partition coefficient (Wildman–Crippen LogP) is -2.36. The molecule has 1 aliphatic rings. The van der Waals surface area contributed by atoms with E-state index >= 15 is 0 Å². The number of benzene rings is 1. The van der Waals surface area contributed by atoms with Crippen LogP contribution in [0.4, 0.5) is 0 Å². The first-order valence-electron chi connectivity index (χ1n) is 4.77. The average molecular weight is 211 g/mol. The maximum atomic E-state index is 5.52. The van der Waals surface area contributed by atoms with Gasteiger partial charge < -0.3 is 18.1 Å². The third kappa shape index (κ3) is 2.34. The third-order valence-corrected chi connectivity index (χ3v) is 2.46. The molecule has 2 rings (SSSR count). The summed E-state index contributed by atoms with van der Waals surface area (Å²) in [6.07, 6.45) is 3.36. The molecule has 1 heterocycles. The van der Waals surface area contributed by atoms with Crippen LogP contribution in [0.25, 0.3) is 0 Å². The van der Waals surface area contributed by atoms with Gasteiger partial charge in [-0.05, 0) is 11.6 Å². The number of nitrogens with two attached hydrogens (primary N) is 1. The quantitative estimate of drug-likeness (QED) is 0.544. The summed E-state index contributed by atoms with van der Waals surface area (Å²) in [6, 6.07) is 8.55.